The van der Waals surface area contributed by atoms with Crippen LogP contribution in [-0.2, 0) is 0 Å². The highest BCUT2D eigenvalue weighted by Crippen LogP contribution is 2.56. The third-order valence-electron chi connectivity index (χ3n) is 4.63. The summed E-state index contributed by atoms with van der Waals surface area (Å²) in [6.07, 6.45) is 2.08. The predicted octanol–water partition coefficient (Wildman–Crippen LogP) is 2.25. The molecule has 1 saturated heterocycles. The number of hydrogen-bond donors (Lipinski definition) is 1. The molecule has 0 spiro atoms. The van der Waals surface area contributed by atoms with Crippen LogP contribution in [-0.4, -0.2) is 35.2 Å². The molecule has 4 atom stereocenters. The van der Waals surface area contributed by atoms with E-state index in [1.54, 1.807) is 0 Å². The number of likely N-dealkylation sites (tertiary alicyclic amines) is 1. The van der Waals surface area contributed by atoms with Crippen LogP contribution >= 0.6 is 0 Å². The summed E-state index contributed by atoms with van der Waals surface area (Å²) in [6.45, 7) is 3.04. The molecule has 2 aliphatic rings. The molecule has 1 aliphatic heterocycles. The van der Waals surface area contributed by atoms with E-state index in [0.29, 0.717) is 17.9 Å². The molecular weight excluding hydrogens is 210 g/mol. The first-order valence-corrected chi connectivity index (χ1v) is 6.58. The van der Waals surface area contributed by atoms with Crippen LogP contribution in [0.1, 0.15) is 31.2 Å². The summed E-state index contributed by atoms with van der Waals surface area (Å²) in [7, 11) is 2.11. The van der Waals surface area contributed by atoms with Gasteiger partial charge in [0.1, 0.15) is 0 Å². The number of nitrogens with zero attached hydrogens (tertiary/aromatic N) is 1. The van der Waals surface area contributed by atoms with Crippen LogP contribution in [0.2, 0.25) is 0 Å². The first-order chi connectivity index (χ1) is 8.10. The van der Waals surface area contributed by atoms with E-state index in [9.17, 15) is 5.11 Å². The Morgan fingerprint density at radius 3 is 2.59 bits per heavy atom. The van der Waals surface area contributed by atoms with Gasteiger partial charge in [0.15, 0.2) is 0 Å². The van der Waals surface area contributed by atoms with Crippen molar-refractivity contribution in [2.24, 2.45) is 5.92 Å². The quantitative estimate of drug-likeness (QED) is 0.844. The van der Waals surface area contributed by atoms with Gasteiger partial charge >= 0.3 is 0 Å². The lowest BCUT2D eigenvalue weighted by molar-refractivity contribution is 0.0270. The van der Waals surface area contributed by atoms with E-state index >= 15 is 0 Å². The van der Waals surface area contributed by atoms with Crippen molar-refractivity contribution in [1.82, 2.24) is 4.90 Å². The van der Waals surface area contributed by atoms with Gasteiger partial charge in [-0.1, -0.05) is 30.3 Å². The maximum Gasteiger partial charge on any atom is 0.0822 e. The van der Waals surface area contributed by atoms with Gasteiger partial charge in [-0.2, -0.15) is 0 Å². The number of aliphatic hydroxyl groups is 1. The molecule has 92 valence electrons. The fourth-order valence-corrected chi connectivity index (χ4v) is 3.45. The lowest BCUT2D eigenvalue weighted by Gasteiger charge is -2.22. The summed E-state index contributed by atoms with van der Waals surface area (Å²) < 4.78 is 0. The largest absolute Gasteiger partial charge is 0.388 e. The maximum absolute atomic E-state index is 10.8. The van der Waals surface area contributed by atoms with Crippen molar-refractivity contribution in [3.8, 4) is 0 Å². The Balaban J connectivity index is 1.73. The Bertz CT molecular complexity index is 393. The molecule has 1 heterocycles. The monoisotopic (exact) mass is 231 g/mol. The molecule has 0 radical (unpaired) electrons. The zero-order valence-electron chi connectivity index (χ0n) is 10.6. The third-order valence-corrected chi connectivity index (χ3v) is 4.63. The second kappa shape index (κ2) is 3.82. The molecule has 3 rings (SSSR count). The van der Waals surface area contributed by atoms with Crippen molar-refractivity contribution >= 4 is 0 Å². The van der Waals surface area contributed by atoms with Gasteiger partial charge in [-0.3, -0.25) is 0 Å². The molecule has 1 aromatic carbocycles. The Kier molecular flexibility index (Phi) is 2.53. The zero-order chi connectivity index (χ0) is 12.0. The molecule has 2 heteroatoms. The SMILES string of the molecule is CC1CC(O)(C2CC2c2ccccc2)CN1C. The van der Waals surface area contributed by atoms with E-state index in [4.69, 9.17) is 0 Å². The number of likely N-dealkylation sites (N-methyl/N-ethyl adjacent to an activating group) is 1. The molecule has 2 nitrogen and oxygen atoms in total. The number of hydrogen-bond acceptors (Lipinski definition) is 2. The summed E-state index contributed by atoms with van der Waals surface area (Å²) in [4.78, 5) is 2.28. The molecule has 1 saturated carbocycles. The summed E-state index contributed by atoms with van der Waals surface area (Å²) in [6, 6.07) is 11.1. The summed E-state index contributed by atoms with van der Waals surface area (Å²) >= 11 is 0. The Morgan fingerprint density at radius 1 is 1.29 bits per heavy atom. The molecule has 17 heavy (non-hydrogen) atoms. The van der Waals surface area contributed by atoms with E-state index in [0.717, 1.165) is 19.4 Å². The van der Waals surface area contributed by atoms with Gasteiger partial charge in [-0.15, -0.1) is 0 Å². The van der Waals surface area contributed by atoms with Crippen molar-refractivity contribution in [3.63, 3.8) is 0 Å². The highest BCUT2D eigenvalue weighted by atomic mass is 16.3. The van der Waals surface area contributed by atoms with Crippen LogP contribution < -0.4 is 0 Å². The highest BCUT2D eigenvalue weighted by molar-refractivity contribution is 5.28. The number of rotatable bonds is 2. The second-order valence-corrected chi connectivity index (χ2v) is 5.93. The molecule has 1 aromatic rings. The van der Waals surface area contributed by atoms with Crippen LogP contribution in [0.3, 0.4) is 0 Å². The first kappa shape index (κ1) is 11.2. The molecule has 0 amide bonds. The molecule has 0 aromatic heterocycles. The van der Waals surface area contributed by atoms with Gasteiger partial charge in [0, 0.05) is 12.6 Å². The number of benzene rings is 1. The van der Waals surface area contributed by atoms with E-state index < -0.39 is 5.60 Å². The van der Waals surface area contributed by atoms with E-state index in [2.05, 4.69) is 49.2 Å². The van der Waals surface area contributed by atoms with Crippen LogP contribution in [0.5, 0.6) is 0 Å². The van der Waals surface area contributed by atoms with Crippen molar-refractivity contribution in [1.29, 1.82) is 0 Å². The molecule has 2 fully saturated rings. The minimum atomic E-state index is -0.450. The number of β-amino-alcohol motifs (C(OH)–C–C–N with tert-alkyl or cyclic N) is 1. The average molecular weight is 231 g/mol. The van der Waals surface area contributed by atoms with Crippen molar-refractivity contribution in [2.75, 3.05) is 13.6 Å². The lowest BCUT2D eigenvalue weighted by atomic mass is 9.92. The fourth-order valence-electron chi connectivity index (χ4n) is 3.45. The highest BCUT2D eigenvalue weighted by Gasteiger charge is 2.55. The standard InChI is InChI=1S/C15H21NO/c1-11-9-15(17,10-16(11)2)14-8-13(14)12-6-4-3-5-7-12/h3-7,11,13-14,17H,8-10H2,1-2H3. The van der Waals surface area contributed by atoms with Gasteiger partial charge in [0.05, 0.1) is 5.60 Å². The zero-order valence-corrected chi connectivity index (χ0v) is 10.6. The van der Waals surface area contributed by atoms with E-state index in [1.165, 1.54) is 5.56 Å². The van der Waals surface area contributed by atoms with Gasteiger partial charge in [-0.05, 0) is 44.2 Å². The van der Waals surface area contributed by atoms with Crippen LogP contribution in [0.4, 0.5) is 0 Å². The molecular formula is C15H21NO. The van der Waals surface area contributed by atoms with Gasteiger partial charge in [0.2, 0.25) is 0 Å². The summed E-state index contributed by atoms with van der Waals surface area (Å²) in [5.41, 5.74) is 0.947. The smallest absolute Gasteiger partial charge is 0.0822 e. The van der Waals surface area contributed by atoms with Gasteiger partial charge in [-0.25, -0.2) is 0 Å². The predicted molar refractivity (Wildman–Crippen MR) is 68.9 cm³/mol. The maximum atomic E-state index is 10.8. The van der Waals surface area contributed by atoms with Crippen LogP contribution in [0, 0.1) is 5.92 Å². The van der Waals surface area contributed by atoms with E-state index in [1.807, 2.05) is 0 Å². The van der Waals surface area contributed by atoms with Crippen LogP contribution in [0.25, 0.3) is 0 Å². The molecule has 4 unspecified atom stereocenters. The van der Waals surface area contributed by atoms with Crippen molar-refractivity contribution < 1.29 is 5.11 Å². The molecule has 0 bridgehead atoms. The van der Waals surface area contributed by atoms with Gasteiger partial charge in [0.25, 0.3) is 0 Å². The van der Waals surface area contributed by atoms with Crippen molar-refractivity contribution in [3.05, 3.63) is 35.9 Å². The molecule has 1 aliphatic carbocycles. The lowest BCUT2D eigenvalue weighted by Crippen LogP contribution is -2.34. The normalized spacial score (nSPS) is 41.7. The van der Waals surface area contributed by atoms with Gasteiger partial charge < -0.3 is 10.0 Å². The van der Waals surface area contributed by atoms with E-state index in [-0.39, 0.29) is 0 Å². The first-order valence-electron chi connectivity index (χ1n) is 6.58. The molecule has 1 N–H and O–H groups in total. The van der Waals surface area contributed by atoms with Crippen LogP contribution in [0.15, 0.2) is 30.3 Å². The Labute approximate surface area is 103 Å². The Hall–Kier alpha value is -0.860. The summed E-state index contributed by atoms with van der Waals surface area (Å²) in [5.74, 6) is 1.05. The Morgan fingerprint density at radius 2 is 2.00 bits per heavy atom. The minimum Gasteiger partial charge on any atom is -0.388 e. The van der Waals surface area contributed by atoms with Crippen molar-refractivity contribution in [2.45, 2.75) is 37.3 Å². The average Bonchev–Trinajstić information content (AvgIpc) is 3.06. The second-order valence-electron chi connectivity index (χ2n) is 5.93. The minimum absolute atomic E-state index is 0.450. The fraction of sp³-hybridized carbons (Fsp3) is 0.600. The third kappa shape index (κ3) is 1.90. The summed E-state index contributed by atoms with van der Waals surface area (Å²) in [5, 5.41) is 10.8. The topological polar surface area (TPSA) is 23.5 Å².